The van der Waals surface area contributed by atoms with Gasteiger partial charge in [0.1, 0.15) is 6.26 Å². The van der Waals surface area contributed by atoms with E-state index in [9.17, 15) is 4.79 Å². The summed E-state index contributed by atoms with van der Waals surface area (Å²) in [6.45, 7) is 6.74. The molecule has 0 radical (unpaired) electrons. The molecule has 0 unspecified atom stereocenters. The van der Waals surface area contributed by atoms with E-state index in [1.807, 2.05) is 30.3 Å². The van der Waals surface area contributed by atoms with Crippen molar-refractivity contribution in [2.45, 2.75) is 33.4 Å². The number of para-hydroxylation sites is 1. The highest BCUT2D eigenvalue weighted by Crippen LogP contribution is 2.20. The lowest BCUT2D eigenvalue weighted by atomic mass is 10.1. The summed E-state index contributed by atoms with van der Waals surface area (Å²) in [6, 6.07) is 16.2. The lowest BCUT2D eigenvalue weighted by molar-refractivity contribution is 0.0944. The third kappa shape index (κ3) is 6.24. The predicted molar refractivity (Wildman–Crippen MR) is 131 cm³/mol. The first-order valence-electron chi connectivity index (χ1n) is 11.2. The second-order valence-corrected chi connectivity index (χ2v) is 9.11. The number of carbonyl (C=O) groups excluding carboxylic acids is 1. The minimum absolute atomic E-state index is 0.207. The third-order valence-corrected chi connectivity index (χ3v) is 5.76. The van der Waals surface area contributed by atoms with Gasteiger partial charge in [-0.3, -0.25) is 9.69 Å². The fraction of sp³-hybridized carbons (Fsp3) is 0.308. The summed E-state index contributed by atoms with van der Waals surface area (Å²) < 4.78 is 5.65. The molecule has 0 saturated heterocycles. The Labute approximate surface area is 199 Å². The number of rotatable bonds is 10. The minimum atomic E-state index is -0.207. The largest absolute Gasteiger partial charge is 0.447 e. The summed E-state index contributed by atoms with van der Waals surface area (Å²) in [4.78, 5) is 22.4. The number of oxazole rings is 1. The molecule has 0 spiro atoms. The van der Waals surface area contributed by atoms with E-state index >= 15 is 0 Å². The average molecular weight is 465 g/mol. The van der Waals surface area contributed by atoms with Crippen LogP contribution < -0.4 is 5.32 Å². The molecule has 1 amide bonds. The summed E-state index contributed by atoms with van der Waals surface area (Å²) in [5.74, 6) is 0.694. The number of aromatic nitrogens is 2. The van der Waals surface area contributed by atoms with Gasteiger partial charge < -0.3 is 14.7 Å². The fourth-order valence-electron chi connectivity index (χ4n) is 3.75. The second-order valence-electron chi connectivity index (χ2n) is 8.68. The number of carbonyl (C=O) groups is 1. The Morgan fingerprint density at radius 2 is 1.94 bits per heavy atom. The maximum atomic E-state index is 12.3. The number of nitrogens with zero attached hydrogens (tertiary/aromatic N) is 2. The van der Waals surface area contributed by atoms with Crippen LogP contribution in [-0.4, -0.2) is 33.9 Å². The molecule has 2 aromatic heterocycles. The molecule has 172 valence electrons. The zero-order chi connectivity index (χ0) is 23.2. The Kier molecular flexibility index (Phi) is 7.47. The first kappa shape index (κ1) is 23.1. The maximum Gasteiger partial charge on any atom is 0.273 e. The highest BCUT2D eigenvalue weighted by molar-refractivity contribution is 6.30. The Bertz CT molecular complexity index is 1200. The molecule has 33 heavy (non-hydrogen) atoms. The molecule has 0 aliphatic heterocycles. The Hall–Kier alpha value is -3.09. The summed E-state index contributed by atoms with van der Waals surface area (Å²) in [6.07, 6.45) is 4.39. The van der Waals surface area contributed by atoms with Crippen molar-refractivity contribution in [1.82, 2.24) is 20.2 Å². The zero-order valence-electron chi connectivity index (χ0n) is 19.0. The maximum absolute atomic E-state index is 12.3. The van der Waals surface area contributed by atoms with Gasteiger partial charge in [-0.15, -0.1) is 0 Å². The number of amides is 1. The van der Waals surface area contributed by atoms with Crippen molar-refractivity contribution < 1.29 is 9.21 Å². The summed E-state index contributed by atoms with van der Waals surface area (Å²) in [5, 5.41) is 4.84. The first-order valence-corrected chi connectivity index (χ1v) is 11.6. The molecular weight excluding hydrogens is 436 g/mol. The molecule has 4 aromatic rings. The standard InChI is InChI=1S/C26H29ClN4O2/c1-18(2)13-29-26(32)24-17-33-25(30-24)16-31(15-19-7-9-21(27)10-8-19)12-11-20-14-28-23-6-4-3-5-22(20)23/h3-10,14,17-18,28H,11-13,15-16H2,1-2H3,(H,29,32). The quantitative estimate of drug-likeness (QED) is 0.327. The molecule has 6 nitrogen and oxygen atoms in total. The van der Waals surface area contributed by atoms with Gasteiger partial charge >= 0.3 is 0 Å². The first-order chi connectivity index (χ1) is 16.0. The van der Waals surface area contributed by atoms with E-state index in [0.717, 1.165) is 30.6 Å². The lowest BCUT2D eigenvalue weighted by Crippen LogP contribution is -2.28. The van der Waals surface area contributed by atoms with E-state index in [-0.39, 0.29) is 5.91 Å². The molecule has 0 aliphatic rings. The molecule has 7 heteroatoms. The Morgan fingerprint density at radius 3 is 2.73 bits per heavy atom. The molecule has 0 atom stereocenters. The summed E-state index contributed by atoms with van der Waals surface area (Å²) in [7, 11) is 0. The van der Waals surface area contributed by atoms with Crippen LogP contribution in [0.5, 0.6) is 0 Å². The number of halogens is 1. The van der Waals surface area contributed by atoms with Crippen molar-refractivity contribution in [1.29, 1.82) is 0 Å². The SMILES string of the molecule is CC(C)CNC(=O)c1coc(CN(CCc2c[nH]c3ccccc23)Cc2ccc(Cl)cc2)n1. The van der Waals surface area contributed by atoms with Crippen LogP contribution in [0, 0.1) is 5.92 Å². The normalized spacial score (nSPS) is 11.5. The number of aromatic amines is 1. The van der Waals surface area contributed by atoms with Gasteiger partial charge in [-0.1, -0.05) is 55.8 Å². The van der Waals surface area contributed by atoms with Crippen LogP contribution in [0.3, 0.4) is 0 Å². The van der Waals surface area contributed by atoms with Gasteiger partial charge in [0.05, 0.1) is 6.54 Å². The molecule has 2 N–H and O–H groups in total. The monoisotopic (exact) mass is 464 g/mol. The number of hydrogen-bond donors (Lipinski definition) is 2. The topological polar surface area (TPSA) is 74.2 Å². The molecule has 2 aromatic carbocycles. The van der Waals surface area contributed by atoms with E-state index in [1.54, 1.807) is 0 Å². The fourth-order valence-corrected chi connectivity index (χ4v) is 3.87. The highest BCUT2D eigenvalue weighted by atomic mass is 35.5. The zero-order valence-corrected chi connectivity index (χ0v) is 19.7. The van der Waals surface area contributed by atoms with Crippen LogP contribution in [0.4, 0.5) is 0 Å². The van der Waals surface area contributed by atoms with Crippen LogP contribution in [0.2, 0.25) is 5.02 Å². The third-order valence-electron chi connectivity index (χ3n) is 5.51. The van der Waals surface area contributed by atoms with Crippen LogP contribution in [-0.2, 0) is 19.5 Å². The van der Waals surface area contributed by atoms with Gasteiger partial charge in [0.25, 0.3) is 5.91 Å². The van der Waals surface area contributed by atoms with Crippen molar-refractivity contribution in [3.63, 3.8) is 0 Å². The smallest absolute Gasteiger partial charge is 0.273 e. The molecular formula is C26H29ClN4O2. The van der Waals surface area contributed by atoms with E-state index in [0.29, 0.717) is 35.6 Å². The Morgan fingerprint density at radius 1 is 1.15 bits per heavy atom. The van der Waals surface area contributed by atoms with Crippen molar-refractivity contribution >= 4 is 28.4 Å². The van der Waals surface area contributed by atoms with E-state index in [1.165, 1.54) is 17.2 Å². The molecule has 0 fully saturated rings. The van der Waals surface area contributed by atoms with Gasteiger partial charge in [0.15, 0.2) is 5.69 Å². The van der Waals surface area contributed by atoms with Gasteiger partial charge in [0.2, 0.25) is 5.89 Å². The molecule has 0 bridgehead atoms. The van der Waals surface area contributed by atoms with Crippen molar-refractivity contribution in [3.05, 3.63) is 88.7 Å². The molecule has 4 rings (SSSR count). The van der Waals surface area contributed by atoms with Crippen LogP contribution in [0.15, 0.2) is 65.4 Å². The lowest BCUT2D eigenvalue weighted by Gasteiger charge is -2.21. The Balaban J connectivity index is 1.46. The number of hydrogen-bond acceptors (Lipinski definition) is 4. The van der Waals surface area contributed by atoms with Crippen molar-refractivity contribution in [2.75, 3.05) is 13.1 Å². The van der Waals surface area contributed by atoms with Crippen LogP contribution in [0.1, 0.15) is 41.4 Å². The van der Waals surface area contributed by atoms with E-state index in [2.05, 4.69) is 58.4 Å². The van der Waals surface area contributed by atoms with Crippen molar-refractivity contribution in [2.24, 2.45) is 5.92 Å². The van der Waals surface area contributed by atoms with E-state index < -0.39 is 0 Å². The van der Waals surface area contributed by atoms with Crippen molar-refractivity contribution in [3.8, 4) is 0 Å². The van der Waals surface area contributed by atoms with Gasteiger partial charge in [-0.2, -0.15) is 0 Å². The van der Waals surface area contributed by atoms with Crippen LogP contribution in [0.25, 0.3) is 10.9 Å². The highest BCUT2D eigenvalue weighted by Gasteiger charge is 2.16. The summed E-state index contributed by atoms with van der Waals surface area (Å²) in [5.41, 5.74) is 3.88. The van der Waals surface area contributed by atoms with Crippen LogP contribution >= 0.6 is 11.6 Å². The van der Waals surface area contributed by atoms with E-state index in [4.69, 9.17) is 16.0 Å². The molecule has 0 saturated carbocycles. The number of H-pyrrole nitrogens is 1. The second kappa shape index (κ2) is 10.7. The molecule has 0 aliphatic carbocycles. The van der Waals surface area contributed by atoms with Gasteiger partial charge in [-0.25, -0.2) is 4.98 Å². The number of nitrogens with one attached hydrogen (secondary N) is 2. The molecule has 2 heterocycles. The number of benzene rings is 2. The summed E-state index contributed by atoms with van der Waals surface area (Å²) >= 11 is 6.06. The predicted octanol–water partition coefficient (Wildman–Crippen LogP) is 5.44. The van der Waals surface area contributed by atoms with Gasteiger partial charge in [-0.05, 0) is 41.7 Å². The average Bonchev–Trinajstić information content (AvgIpc) is 3.44. The van der Waals surface area contributed by atoms with Gasteiger partial charge in [0, 0.05) is 41.8 Å². The minimum Gasteiger partial charge on any atom is -0.447 e. The number of fused-ring (bicyclic) bond motifs is 1.